The number of rotatable bonds is 4. The van der Waals surface area contributed by atoms with Gasteiger partial charge in [-0.05, 0) is 77.3 Å². The molecule has 0 unspecified atom stereocenters. The molecule has 2 saturated carbocycles. The van der Waals surface area contributed by atoms with E-state index in [-0.39, 0.29) is 34.5 Å². The number of halogens is 10. The Bertz CT molecular complexity index is 1120. The molecule has 0 saturated heterocycles. The summed E-state index contributed by atoms with van der Waals surface area (Å²) in [4.78, 5) is 12.5. The van der Waals surface area contributed by atoms with Gasteiger partial charge in [-0.15, -0.1) is 0 Å². The van der Waals surface area contributed by atoms with Gasteiger partial charge in [-0.3, -0.25) is 0 Å². The normalized spacial score (nSPS) is 16.2. The van der Waals surface area contributed by atoms with Crippen LogP contribution in [0.4, 0.5) is 26.3 Å². The molecule has 0 atom stereocenters. The van der Waals surface area contributed by atoms with Crippen LogP contribution in [0.2, 0.25) is 0 Å². The zero-order chi connectivity index (χ0) is 32.8. The molecule has 14 heteroatoms. The predicted octanol–water partition coefficient (Wildman–Crippen LogP) is 12.4. The molecule has 2 fully saturated rings. The molecule has 2 N–H and O–H groups in total. The van der Waals surface area contributed by atoms with Crippen LogP contribution in [0.3, 0.4) is 0 Å². The van der Waals surface area contributed by atoms with Crippen LogP contribution in [-0.2, 0) is 23.9 Å². The number of alkyl halides is 7. The van der Waals surface area contributed by atoms with Gasteiger partial charge in [0.05, 0.1) is 23.3 Å². The summed E-state index contributed by atoms with van der Waals surface area (Å²) in [6.45, 7) is -0.353. The Kier molecular flexibility index (Phi) is 20.5. The Balaban J connectivity index is 0.000000364. The number of benzene rings is 2. The Morgan fingerprint density at radius 2 is 1.12 bits per heavy atom. The van der Waals surface area contributed by atoms with E-state index in [9.17, 15) is 31.1 Å². The monoisotopic (exact) mass is 1100 g/mol. The third-order valence-corrected chi connectivity index (χ3v) is 7.30. The van der Waals surface area contributed by atoms with Gasteiger partial charge in [0.25, 0.3) is 0 Å². The van der Waals surface area contributed by atoms with E-state index in [1.807, 2.05) is 4.93 Å². The van der Waals surface area contributed by atoms with Crippen LogP contribution in [0.1, 0.15) is 114 Å². The fourth-order valence-corrected chi connectivity index (χ4v) is 5.42. The summed E-state index contributed by atoms with van der Waals surface area (Å²) < 4.78 is 78.3. The molecule has 3 nitrogen and oxygen atoms in total. The molecule has 2 aromatic rings. The first-order valence-corrected chi connectivity index (χ1v) is 29.2. The SMILES string of the molecule is CI.O=C(O)c1ccc(C2CCCCC2)c(C(F)(F)F)c1.OCc1ccc(C2CCCCC2)c(C(F)(F)F)c1.[I][V]([I])[I]. The number of carboxylic acids is 1. The molecule has 43 heavy (non-hydrogen) atoms. The summed E-state index contributed by atoms with van der Waals surface area (Å²) in [5.74, 6) is -1.42. The molecule has 0 radical (unpaired) electrons. The van der Waals surface area contributed by atoms with Gasteiger partial charge in [0.1, 0.15) is 0 Å². The van der Waals surface area contributed by atoms with Crippen molar-refractivity contribution < 1.29 is 46.3 Å². The number of carboxylic acid groups (broad SMARTS) is 1. The Morgan fingerprint density at radius 1 is 0.744 bits per heavy atom. The molecular formula is C29H35F6I4O3V. The summed E-state index contributed by atoms with van der Waals surface area (Å²) in [5, 5.41) is 17.8. The molecule has 0 spiro atoms. The Morgan fingerprint density at radius 3 is 1.47 bits per heavy atom. The standard InChI is InChI=1S/C14H15F3O2.C14H17F3O.CH3I.3HI.V/c15-14(16,17)12-8-10(13(18)19)6-7-11(12)9-4-2-1-3-5-9;15-14(16,17)13-8-10(9-18)6-7-12(13)11-4-2-1-3-5-11;1-2;;;;/h6-9H,1-5H2,(H,18,19);6-8,11,18H,1-5,9H2;1H3;3*1H;/q;;;;;;+3/p-3. The fourth-order valence-electron chi connectivity index (χ4n) is 5.42. The number of hydrogen-bond donors (Lipinski definition) is 2. The fraction of sp³-hybridized carbons (Fsp3) is 0.552. The van der Waals surface area contributed by atoms with Gasteiger partial charge in [-0.2, -0.15) is 26.3 Å². The van der Waals surface area contributed by atoms with E-state index < -0.39 is 29.4 Å². The van der Waals surface area contributed by atoms with Crippen molar-refractivity contribution >= 4 is 88.5 Å². The third-order valence-electron chi connectivity index (χ3n) is 7.30. The van der Waals surface area contributed by atoms with E-state index in [0.717, 1.165) is 76.3 Å². The van der Waals surface area contributed by atoms with Gasteiger partial charge in [0.2, 0.25) is 0 Å². The minimum absolute atomic E-state index is 0.0168. The first kappa shape index (κ1) is 42.0. The zero-order valence-electron chi connectivity index (χ0n) is 23.4. The molecule has 4 rings (SSSR count). The number of carbonyl (C=O) groups is 1. The van der Waals surface area contributed by atoms with Crippen molar-refractivity contribution in [2.24, 2.45) is 0 Å². The quantitative estimate of drug-likeness (QED) is 0.182. The summed E-state index contributed by atoms with van der Waals surface area (Å²) in [6, 6.07) is 7.59. The van der Waals surface area contributed by atoms with Crippen LogP contribution in [0.25, 0.3) is 0 Å². The van der Waals surface area contributed by atoms with E-state index in [4.69, 9.17) is 10.2 Å². The zero-order valence-corrected chi connectivity index (χ0v) is 33.5. The number of aliphatic hydroxyl groups is 1. The predicted molar refractivity (Wildman–Crippen MR) is 189 cm³/mol. The van der Waals surface area contributed by atoms with Crippen LogP contribution in [-0.4, -0.2) is 21.1 Å². The Hall–Kier alpha value is 0.954. The van der Waals surface area contributed by atoms with Gasteiger partial charge in [-0.25, -0.2) is 4.79 Å². The van der Waals surface area contributed by atoms with E-state index >= 15 is 0 Å². The van der Waals surface area contributed by atoms with Crippen LogP contribution >= 0.6 is 82.5 Å². The number of hydrogen-bond acceptors (Lipinski definition) is 2. The Labute approximate surface area is 301 Å². The average Bonchev–Trinajstić information content (AvgIpc) is 2.97. The van der Waals surface area contributed by atoms with Crippen LogP contribution in [0, 0.1) is 0 Å². The van der Waals surface area contributed by atoms with Crippen molar-refractivity contribution in [1.82, 2.24) is 0 Å². The van der Waals surface area contributed by atoms with Crippen molar-refractivity contribution in [2.45, 2.75) is 95.0 Å². The van der Waals surface area contributed by atoms with E-state index in [1.54, 1.807) is 12.1 Å². The molecular weight excluding hydrogens is 1070 g/mol. The van der Waals surface area contributed by atoms with Crippen LogP contribution < -0.4 is 0 Å². The van der Waals surface area contributed by atoms with E-state index in [2.05, 4.69) is 82.5 Å². The van der Waals surface area contributed by atoms with Crippen molar-refractivity contribution in [2.75, 3.05) is 4.93 Å². The first-order chi connectivity index (χ1) is 20.1. The molecule has 0 heterocycles. The summed E-state index contributed by atoms with van der Waals surface area (Å²) in [6.07, 6.45) is 0.376. The average molecular weight is 1100 g/mol. The van der Waals surface area contributed by atoms with Gasteiger partial charge >= 0.3 is 83.2 Å². The van der Waals surface area contributed by atoms with E-state index in [1.165, 1.54) is 12.1 Å². The molecule has 0 aliphatic heterocycles. The molecule has 0 amide bonds. The molecule has 0 bridgehead atoms. The van der Waals surface area contributed by atoms with Crippen LogP contribution in [0.5, 0.6) is 0 Å². The van der Waals surface area contributed by atoms with Crippen molar-refractivity contribution in [3.05, 3.63) is 69.8 Å². The van der Waals surface area contributed by atoms with Crippen molar-refractivity contribution in [3.63, 3.8) is 0 Å². The topological polar surface area (TPSA) is 57.5 Å². The minimum atomic E-state index is -4.50. The van der Waals surface area contributed by atoms with Gasteiger partial charge in [0, 0.05) is 0 Å². The first-order valence-electron chi connectivity index (χ1n) is 13.6. The molecule has 0 aromatic heterocycles. The second-order valence-electron chi connectivity index (χ2n) is 10.0. The third kappa shape index (κ3) is 15.2. The van der Waals surface area contributed by atoms with Crippen LogP contribution in [0.15, 0.2) is 36.4 Å². The summed E-state index contributed by atoms with van der Waals surface area (Å²) in [5.41, 5.74) is -0.703. The summed E-state index contributed by atoms with van der Waals surface area (Å²) in [7, 11) is 0. The second kappa shape index (κ2) is 21.0. The molecule has 244 valence electrons. The second-order valence-corrected chi connectivity index (χ2v) is 45.4. The molecule has 2 aromatic carbocycles. The van der Waals surface area contributed by atoms with Crippen molar-refractivity contribution in [3.8, 4) is 0 Å². The molecule has 2 aliphatic rings. The van der Waals surface area contributed by atoms with E-state index in [0.29, 0.717) is 11.1 Å². The maximum absolute atomic E-state index is 13.1. The van der Waals surface area contributed by atoms with Gasteiger partial charge < -0.3 is 10.2 Å². The summed E-state index contributed by atoms with van der Waals surface area (Å²) >= 11 is 9.54. The number of aliphatic hydroxyl groups excluding tert-OH is 1. The van der Waals surface area contributed by atoms with Gasteiger partial charge in [-0.1, -0.05) is 79.3 Å². The van der Waals surface area contributed by atoms with Gasteiger partial charge in [0.15, 0.2) is 0 Å². The maximum atomic E-state index is 13.1. The molecule has 2 aliphatic carbocycles. The van der Waals surface area contributed by atoms with Crippen molar-refractivity contribution in [1.29, 1.82) is 0 Å². The number of aromatic carboxylic acids is 1.